The molecule has 11 nitrogen and oxygen atoms in total. The van der Waals surface area contributed by atoms with E-state index in [4.69, 9.17) is 19.0 Å². The molecule has 12 heteroatoms. The fraction of sp³-hybridized carbons (Fsp3) is 0.519. The molecule has 2 aromatic heterocycles. The van der Waals surface area contributed by atoms with E-state index in [-0.39, 0.29) is 36.4 Å². The minimum absolute atomic E-state index is 0.155. The van der Waals surface area contributed by atoms with Crippen molar-refractivity contribution < 1.29 is 18.6 Å². The van der Waals surface area contributed by atoms with E-state index in [0.717, 1.165) is 6.42 Å². The molecule has 0 radical (unpaired) electrons. The number of carbonyl (C=O) groups excluding carboxylic acids is 1. The molecule has 4 atom stereocenters. The highest BCUT2D eigenvalue weighted by molar-refractivity contribution is 7.44. The molecule has 1 aliphatic heterocycles. The largest absolute Gasteiger partial charge is 0.352 e. The van der Waals surface area contributed by atoms with Gasteiger partial charge in [-0.2, -0.15) is 5.26 Å². The highest BCUT2D eigenvalue weighted by atomic mass is 31.2. The smallest absolute Gasteiger partial charge is 0.259 e. The van der Waals surface area contributed by atoms with E-state index in [1.165, 1.54) is 6.33 Å². The van der Waals surface area contributed by atoms with Crippen LogP contribution in [0.1, 0.15) is 70.5 Å². The second kappa shape index (κ2) is 13.4. The van der Waals surface area contributed by atoms with Crippen molar-refractivity contribution >= 4 is 31.4 Å². The molecule has 0 spiro atoms. The number of imidazole rings is 1. The quantitative estimate of drug-likeness (QED) is 0.230. The molecule has 3 heterocycles. The van der Waals surface area contributed by atoms with E-state index < -0.39 is 8.53 Å². The van der Waals surface area contributed by atoms with Crippen molar-refractivity contribution in [3.63, 3.8) is 0 Å². The number of nitrogens with zero attached hydrogens (tertiary/aromatic N) is 6. The Kier molecular flexibility index (Phi) is 9.94. The number of anilines is 1. The molecule has 3 aromatic rings. The number of rotatable bonds is 12. The molecule has 4 rings (SSSR count). The van der Waals surface area contributed by atoms with Crippen molar-refractivity contribution in [3.8, 4) is 6.07 Å². The third-order valence-electron chi connectivity index (χ3n) is 6.41. The lowest BCUT2D eigenvalue weighted by molar-refractivity contribution is -0.0166. The zero-order chi connectivity index (χ0) is 27.9. The first-order valence-electron chi connectivity index (χ1n) is 13.3. The first-order chi connectivity index (χ1) is 18.8. The van der Waals surface area contributed by atoms with Crippen molar-refractivity contribution in [3.05, 3.63) is 48.5 Å². The Bertz CT molecular complexity index is 1270. The van der Waals surface area contributed by atoms with Crippen molar-refractivity contribution in [2.75, 3.05) is 11.9 Å². The SMILES string of the molecule is CC[C@H]1O[C@@H](n2cnc3c(NC(=O)c4ccccc4)ncnc32)C[C@@H]1OP(OCCC#N)N(C(C)C)C(C)C. The second-order valence-corrected chi connectivity index (χ2v) is 11.2. The number of amides is 1. The summed E-state index contributed by atoms with van der Waals surface area (Å²) in [5, 5.41) is 11.9. The Hall–Kier alpha value is -3.00. The van der Waals surface area contributed by atoms with Crippen LogP contribution in [0.4, 0.5) is 5.82 Å². The van der Waals surface area contributed by atoms with Crippen molar-refractivity contribution in [2.24, 2.45) is 0 Å². The third-order valence-corrected chi connectivity index (χ3v) is 8.56. The lowest BCUT2D eigenvalue weighted by atomic mass is 10.1. The number of benzene rings is 1. The van der Waals surface area contributed by atoms with Gasteiger partial charge < -0.3 is 19.1 Å². The van der Waals surface area contributed by atoms with E-state index in [2.05, 4.69) is 65.6 Å². The van der Waals surface area contributed by atoms with Crippen LogP contribution in [-0.4, -0.2) is 61.0 Å². The minimum atomic E-state index is -1.40. The Morgan fingerprint density at radius 1 is 1.23 bits per heavy atom. The van der Waals surface area contributed by atoms with Gasteiger partial charge in [0.15, 0.2) is 17.0 Å². The van der Waals surface area contributed by atoms with Gasteiger partial charge in [0, 0.05) is 24.1 Å². The maximum Gasteiger partial charge on any atom is 0.259 e. The fourth-order valence-electron chi connectivity index (χ4n) is 4.68. The number of ether oxygens (including phenoxy) is 1. The molecule has 1 saturated heterocycles. The van der Waals surface area contributed by atoms with Crippen molar-refractivity contribution in [1.29, 1.82) is 5.26 Å². The third kappa shape index (κ3) is 6.78. The highest BCUT2D eigenvalue weighted by Crippen LogP contribution is 2.50. The molecule has 1 amide bonds. The summed E-state index contributed by atoms with van der Waals surface area (Å²) >= 11 is 0. The number of fused-ring (bicyclic) bond motifs is 1. The second-order valence-electron chi connectivity index (χ2n) is 9.83. The van der Waals surface area contributed by atoms with Gasteiger partial charge in [-0.15, -0.1) is 0 Å². The molecule has 0 aliphatic carbocycles. The number of nitriles is 1. The molecule has 1 N–H and O–H groups in total. The number of nitrogens with one attached hydrogen (secondary N) is 1. The lowest BCUT2D eigenvalue weighted by Crippen LogP contribution is -2.35. The van der Waals surface area contributed by atoms with Gasteiger partial charge in [0.2, 0.25) is 0 Å². The first-order valence-corrected chi connectivity index (χ1v) is 14.4. The van der Waals surface area contributed by atoms with Gasteiger partial charge >= 0.3 is 0 Å². The van der Waals surface area contributed by atoms with E-state index >= 15 is 0 Å². The van der Waals surface area contributed by atoms with Crippen LogP contribution in [-0.2, 0) is 13.8 Å². The summed E-state index contributed by atoms with van der Waals surface area (Å²) in [6, 6.07) is 11.5. The molecule has 0 bridgehead atoms. The monoisotopic (exact) mass is 553 g/mol. The van der Waals surface area contributed by atoms with Crippen LogP contribution in [0, 0.1) is 11.3 Å². The Morgan fingerprint density at radius 3 is 2.64 bits per heavy atom. The topological polar surface area (TPSA) is 127 Å². The van der Waals surface area contributed by atoms with Crippen LogP contribution >= 0.6 is 8.53 Å². The summed E-state index contributed by atoms with van der Waals surface area (Å²) < 4.78 is 23.2. The van der Waals surface area contributed by atoms with E-state index in [1.54, 1.807) is 30.6 Å². The van der Waals surface area contributed by atoms with Gasteiger partial charge in [-0.1, -0.05) is 25.1 Å². The molecule has 1 fully saturated rings. The molecule has 0 saturated carbocycles. The normalized spacial score (nSPS) is 20.1. The van der Waals surface area contributed by atoms with Gasteiger partial charge in [-0.05, 0) is 46.2 Å². The van der Waals surface area contributed by atoms with Crippen LogP contribution in [0.25, 0.3) is 11.2 Å². The average Bonchev–Trinajstić information content (AvgIpc) is 3.53. The Labute approximate surface area is 230 Å². The van der Waals surface area contributed by atoms with Gasteiger partial charge in [0.1, 0.15) is 12.6 Å². The Balaban J connectivity index is 1.54. The maximum absolute atomic E-state index is 12.7. The van der Waals surface area contributed by atoms with Gasteiger partial charge in [0.25, 0.3) is 14.4 Å². The summed E-state index contributed by atoms with van der Waals surface area (Å²) in [7, 11) is -1.40. The summed E-state index contributed by atoms with van der Waals surface area (Å²) in [6.07, 6.45) is 3.97. The maximum atomic E-state index is 12.7. The molecular weight excluding hydrogens is 517 g/mol. The van der Waals surface area contributed by atoms with E-state index in [1.807, 2.05) is 10.6 Å². The van der Waals surface area contributed by atoms with Crippen LogP contribution < -0.4 is 5.32 Å². The zero-order valence-electron chi connectivity index (χ0n) is 23.0. The number of carbonyl (C=O) groups is 1. The van der Waals surface area contributed by atoms with Gasteiger partial charge in [-0.3, -0.25) is 9.36 Å². The fourth-order valence-corrected chi connectivity index (χ4v) is 6.44. The standard InChI is InChI=1S/C27H36N7O4P/c1-6-21-22(38-39(36-14-10-13-28)34(18(2)3)19(4)5)15-23(37-21)33-17-31-24-25(29-16-30-26(24)33)32-27(35)20-11-8-7-9-12-20/h7-9,11-12,16-19,21-23H,6,10,14-15H2,1-5H3,(H,29,30,32,35)/t21-,22+,23-,39?/m1/s1. The number of hydrogen-bond acceptors (Lipinski definition) is 9. The Morgan fingerprint density at radius 2 is 1.97 bits per heavy atom. The van der Waals surface area contributed by atoms with Crippen molar-refractivity contribution in [1.82, 2.24) is 24.2 Å². The predicted octanol–water partition coefficient (Wildman–Crippen LogP) is 5.44. The molecule has 208 valence electrons. The lowest BCUT2D eigenvalue weighted by Gasteiger charge is -2.37. The number of hydrogen-bond donors (Lipinski definition) is 1. The van der Waals surface area contributed by atoms with Crippen molar-refractivity contribution in [2.45, 2.75) is 84.4 Å². The van der Waals surface area contributed by atoms with Gasteiger partial charge in [-0.25, -0.2) is 19.6 Å². The predicted molar refractivity (Wildman–Crippen MR) is 149 cm³/mol. The van der Waals surface area contributed by atoms with E-state index in [9.17, 15) is 4.79 Å². The average molecular weight is 554 g/mol. The summed E-state index contributed by atoms with van der Waals surface area (Å²) in [5.41, 5.74) is 1.57. The van der Waals surface area contributed by atoms with E-state index in [0.29, 0.717) is 42.0 Å². The molecule has 1 aromatic carbocycles. The summed E-state index contributed by atoms with van der Waals surface area (Å²) in [6.45, 7) is 10.8. The number of aromatic nitrogens is 4. The minimum Gasteiger partial charge on any atom is -0.352 e. The van der Waals surface area contributed by atoms with Crippen LogP contribution in [0.5, 0.6) is 0 Å². The van der Waals surface area contributed by atoms with Gasteiger partial charge in [0.05, 0.1) is 37.6 Å². The first kappa shape index (κ1) is 29.0. The summed E-state index contributed by atoms with van der Waals surface area (Å²) in [5.74, 6) is 0.0655. The molecular formula is C27H36N7O4P. The van der Waals surface area contributed by atoms with Crippen LogP contribution in [0.15, 0.2) is 43.0 Å². The zero-order valence-corrected chi connectivity index (χ0v) is 23.9. The molecule has 1 unspecified atom stereocenters. The molecule has 39 heavy (non-hydrogen) atoms. The van der Waals surface area contributed by atoms with Crippen LogP contribution in [0.3, 0.4) is 0 Å². The highest BCUT2D eigenvalue weighted by Gasteiger charge is 2.40. The summed E-state index contributed by atoms with van der Waals surface area (Å²) in [4.78, 5) is 25.9. The van der Waals surface area contributed by atoms with Crippen LogP contribution in [0.2, 0.25) is 0 Å². The molecule has 1 aliphatic rings.